The van der Waals surface area contributed by atoms with E-state index in [1.54, 1.807) is 0 Å². The highest BCUT2D eigenvalue weighted by Gasteiger charge is 2.19. The van der Waals surface area contributed by atoms with Crippen molar-refractivity contribution >= 4 is 23.2 Å². The molecule has 0 radical (unpaired) electrons. The van der Waals surface area contributed by atoms with Crippen LogP contribution < -0.4 is 16.3 Å². The quantitative estimate of drug-likeness (QED) is 0.783. The van der Waals surface area contributed by atoms with Crippen molar-refractivity contribution in [2.24, 2.45) is 0 Å². The summed E-state index contributed by atoms with van der Waals surface area (Å²) >= 11 is 0. The van der Waals surface area contributed by atoms with Crippen molar-refractivity contribution in [2.45, 2.75) is 32.6 Å². The van der Waals surface area contributed by atoms with Crippen LogP contribution in [0.5, 0.6) is 0 Å². The summed E-state index contributed by atoms with van der Waals surface area (Å²) in [6, 6.07) is 5.51. The van der Waals surface area contributed by atoms with Crippen LogP contribution in [0.1, 0.15) is 32.2 Å². The second kappa shape index (κ2) is 4.94. The Labute approximate surface area is 127 Å². The molecule has 0 aliphatic carbocycles. The van der Waals surface area contributed by atoms with E-state index < -0.39 is 5.69 Å². The zero-order valence-electron chi connectivity index (χ0n) is 12.7. The number of H-pyrrole nitrogens is 1. The van der Waals surface area contributed by atoms with E-state index in [1.807, 2.05) is 39.0 Å². The van der Waals surface area contributed by atoms with Crippen molar-refractivity contribution in [3.63, 3.8) is 0 Å². The number of rotatable bonds is 2. The van der Waals surface area contributed by atoms with E-state index in [1.165, 1.54) is 0 Å². The van der Waals surface area contributed by atoms with E-state index >= 15 is 0 Å². The molecule has 0 atom stereocenters. The summed E-state index contributed by atoms with van der Waals surface area (Å²) in [7, 11) is 0. The molecule has 3 N–H and O–H groups in total. The van der Waals surface area contributed by atoms with Crippen LogP contribution in [-0.2, 0) is 16.6 Å². The standard InChI is InChI=1S/C15H17N5O2/c1-15(2,3)12-18-13(20-14(22)19-12)16-9-5-4-8-6-11(21)17-10(8)7-9/h4-5,7H,6H2,1-3H3,(H,17,21)(H2,16,18,19,20,22). The Hall–Kier alpha value is -2.70. The normalized spacial score (nSPS) is 13.7. The molecule has 1 aliphatic heterocycles. The van der Waals surface area contributed by atoms with Crippen molar-refractivity contribution in [3.8, 4) is 0 Å². The van der Waals surface area contributed by atoms with Crippen LogP contribution in [0.2, 0.25) is 0 Å². The number of benzene rings is 1. The van der Waals surface area contributed by atoms with Crippen LogP contribution in [-0.4, -0.2) is 20.9 Å². The van der Waals surface area contributed by atoms with Gasteiger partial charge in [0.1, 0.15) is 5.82 Å². The molecule has 0 spiro atoms. The van der Waals surface area contributed by atoms with Gasteiger partial charge < -0.3 is 10.6 Å². The molecule has 1 aliphatic rings. The van der Waals surface area contributed by atoms with Crippen molar-refractivity contribution < 1.29 is 4.79 Å². The van der Waals surface area contributed by atoms with Crippen LogP contribution in [0.3, 0.4) is 0 Å². The SMILES string of the molecule is CC(C)(C)c1nc(Nc2ccc3c(c2)NC(=O)C3)nc(=O)[nH]1. The molecule has 7 heteroatoms. The van der Waals surface area contributed by atoms with Crippen LogP contribution in [0, 0.1) is 0 Å². The van der Waals surface area contributed by atoms with Crippen LogP contribution in [0.25, 0.3) is 0 Å². The molecule has 0 saturated heterocycles. The highest BCUT2D eigenvalue weighted by atomic mass is 16.2. The zero-order chi connectivity index (χ0) is 15.9. The van der Waals surface area contributed by atoms with Crippen LogP contribution in [0.4, 0.5) is 17.3 Å². The summed E-state index contributed by atoms with van der Waals surface area (Å²) in [4.78, 5) is 33.9. The fourth-order valence-corrected chi connectivity index (χ4v) is 2.22. The van der Waals surface area contributed by atoms with E-state index in [2.05, 4.69) is 25.6 Å². The summed E-state index contributed by atoms with van der Waals surface area (Å²) in [5.41, 5.74) is 1.71. The first-order valence-corrected chi connectivity index (χ1v) is 7.00. The fourth-order valence-electron chi connectivity index (χ4n) is 2.22. The first kappa shape index (κ1) is 14.2. The number of nitrogens with zero attached hydrogens (tertiary/aromatic N) is 2. The van der Waals surface area contributed by atoms with Crippen LogP contribution >= 0.6 is 0 Å². The van der Waals surface area contributed by atoms with Crippen molar-refractivity contribution in [1.82, 2.24) is 15.0 Å². The van der Waals surface area contributed by atoms with E-state index in [9.17, 15) is 9.59 Å². The van der Waals surface area contributed by atoms with E-state index in [4.69, 9.17) is 0 Å². The van der Waals surface area contributed by atoms with Gasteiger partial charge in [0.25, 0.3) is 0 Å². The van der Waals surface area contributed by atoms with Gasteiger partial charge in [-0.05, 0) is 17.7 Å². The lowest BCUT2D eigenvalue weighted by Gasteiger charge is -2.17. The maximum absolute atomic E-state index is 11.7. The second-order valence-electron chi connectivity index (χ2n) is 6.30. The Morgan fingerprint density at radius 2 is 1.95 bits per heavy atom. The maximum atomic E-state index is 11.7. The number of anilines is 3. The number of fused-ring (bicyclic) bond motifs is 1. The van der Waals surface area contributed by atoms with Gasteiger partial charge in [-0.1, -0.05) is 26.8 Å². The molecule has 0 unspecified atom stereocenters. The number of amides is 1. The molecule has 0 fully saturated rings. The molecule has 2 heterocycles. The van der Waals surface area contributed by atoms with Gasteiger partial charge >= 0.3 is 5.69 Å². The molecule has 3 rings (SSSR count). The molecule has 7 nitrogen and oxygen atoms in total. The van der Waals surface area contributed by atoms with E-state index in [-0.39, 0.29) is 17.3 Å². The Kier molecular flexibility index (Phi) is 3.20. The fraction of sp³-hybridized carbons (Fsp3) is 0.333. The van der Waals surface area contributed by atoms with Gasteiger partial charge in [-0.3, -0.25) is 9.78 Å². The first-order valence-electron chi connectivity index (χ1n) is 7.00. The molecular weight excluding hydrogens is 282 g/mol. The Bertz CT molecular complexity index is 804. The summed E-state index contributed by atoms with van der Waals surface area (Å²) in [5, 5.41) is 5.79. The smallest absolute Gasteiger partial charge is 0.325 e. The lowest BCUT2D eigenvalue weighted by Crippen LogP contribution is -2.24. The highest BCUT2D eigenvalue weighted by molar-refractivity contribution is 5.99. The van der Waals surface area contributed by atoms with Crippen molar-refractivity contribution in [3.05, 3.63) is 40.1 Å². The third kappa shape index (κ3) is 2.83. The van der Waals surface area contributed by atoms with Crippen molar-refractivity contribution in [1.29, 1.82) is 0 Å². The predicted molar refractivity (Wildman–Crippen MR) is 83.4 cm³/mol. The highest BCUT2D eigenvalue weighted by Crippen LogP contribution is 2.27. The van der Waals surface area contributed by atoms with Gasteiger partial charge in [0.05, 0.1) is 6.42 Å². The Balaban J connectivity index is 1.91. The molecule has 0 saturated carbocycles. The Morgan fingerprint density at radius 3 is 2.68 bits per heavy atom. The number of nitrogens with one attached hydrogen (secondary N) is 3. The third-order valence-electron chi connectivity index (χ3n) is 3.35. The Morgan fingerprint density at radius 1 is 1.18 bits per heavy atom. The number of aromatic nitrogens is 3. The zero-order valence-corrected chi connectivity index (χ0v) is 12.7. The number of aromatic amines is 1. The van der Waals surface area contributed by atoms with E-state index in [0.717, 1.165) is 11.3 Å². The third-order valence-corrected chi connectivity index (χ3v) is 3.35. The molecule has 2 aromatic rings. The number of carbonyl (C=O) groups is 1. The summed E-state index contributed by atoms with van der Waals surface area (Å²) in [6.07, 6.45) is 0.394. The van der Waals surface area contributed by atoms with Gasteiger partial charge in [-0.25, -0.2) is 4.79 Å². The molecule has 0 bridgehead atoms. The largest absolute Gasteiger partial charge is 0.349 e. The van der Waals surface area contributed by atoms with Gasteiger partial charge in [0, 0.05) is 16.8 Å². The number of carbonyl (C=O) groups excluding carboxylic acids is 1. The summed E-state index contributed by atoms with van der Waals surface area (Å²) in [6.45, 7) is 5.87. The van der Waals surface area contributed by atoms with Crippen LogP contribution in [0.15, 0.2) is 23.0 Å². The molecule has 1 aromatic heterocycles. The van der Waals surface area contributed by atoms with Gasteiger partial charge in [0.15, 0.2) is 0 Å². The van der Waals surface area contributed by atoms with Crippen molar-refractivity contribution in [2.75, 3.05) is 10.6 Å². The monoisotopic (exact) mass is 299 g/mol. The molecular formula is C15H17N5O2. The average molecular weight is 299 g/mol. The predicted octanol–water partition coefficient (Wildman–Crippen LogP) is 1.70. The minimum absolute atomic E-state index is 0.0189. The minimum Gasteiger partial charge on any atom is -0.325 e. The van der Waals surface area contributed by atoms with E-state index in [0.29, 0.717) is 17.9 Å². The molecule has 22 heavy (non-hydrogen) atoms. The first-order chi connectivity index (χ1) is 10.3. The van der Waals surface area contributed by atoms with Gasteiger partial charge in [0.2, 0.25) is 11.9 Å². The van der Waals surface area contributed by atoms with Gasteiger partial charge in [-0.15, -0.1) is 0 Å². The summed E-state index contributed by atoms with van der Waals surface area (Å²) in [5.74, 6) is 0.775. The number of hydrogen-bond acceptors (Lipinski definition) is 5. The lowest BCUT2D eigenvalue weighted by molar-refractivity contribution is -0.115. The topological polar surface area (TPSA) is 99.8 Å². The molecule has 1 aromatic carbocycles. The van der Waals surface area contributed by atoms with Gasteiger partial charge in [-0.2, -0.15) is 9.97 Å². The number of hydrogen-bond donors (Lipinski definition) is 3. The second-order valence-corrected chi connectivity index (χ2v) is 6.30. The molecule has 1 amide bonds. The minimum atomic E-state index is -0.447. The molecule has 114 valence electrons. The lowest BCUT2D eigenvalue weighted by atomic mass is 9.96. The summed E-state index contributed by atoms with van der Waals surface area (Å²) < 4.78 is 0. The average Bonchev–Trinajstić information content (AvgIpc) is 2.76. The maximum Gasteiger partial charge on any atom is 0.349 e.